The average molecular weight is 198 g/mol. The number of rotatable bonds is 1. The van der Waals surface area contributed by atoms with Crippen molar-refractivity contribution in [3.63, 3.8) is 0 Å². The molecule has 14 heavy (non-hydrogen) atoms. The van der Waals surface area contributed by atoms with Crippen LogP contribution >= 0.6 is 0 Å². The molecule has 0 atom stereocenters. The smallest absolute Gasteiger partial charge is 0.0401 e. The van der Waals surface area contributed by atoms with Gasteiger partial charge in [-0.2, -0.15) is 0 Å². The summed E-state index contributed by atoms with van der Waals surface area (Å²) >= 11 is 0. The van der Waals surface area contributed by atoms with E-state index >= 15 is 0 Å². The Labute approximate surface area is 92.4 Å². The average Bonchev–Trinajstić information content (AvgIpc) is 2.25. The molecule has 0 unspecified atom stereocenters. The molecule has 0 aliphatic rings. The van der Waals surface area contributed by atoms with Crippen LogP contribution in [0.25, 0.3) is 0 Å². The standard InChI is InChI=1S/C7H12.C3H6.2C2H6/c1-4-6-7(3)5-2;1-3-2;2*1-2/h4-6H,1-3H3;3H,1H2,2H3;2*1-2H3/b6-4-,7-5-;;;. The Hall–Kier alpha value is -0.780. The molecule has 0 aromatic carbocycles. The molecule has 0 nitrogen and oxygen atoms in total. The maximum atomic E-state index is 3.36. The highest BCUT2D eigenvalue weighted by Crippen LogP contribution is 1.91. The third-order valence-electron chi connectivity index (χ3n) is 0.885. The second-order valence-electron chi connectivity index (χ2n) is 1.94. The van der Waals surface area contributed by atoms with Gasteiger partial charge in [-0.05, 0) is 27.7 Å². The molecule has 0 rings (SSSR count). The van der Waals surface area contributed by atoms with Gasteiger partial charge in [0.25, 0.3) is 0 Å². The molecule has 0 radical (unpaired) electrons. The van der Waals surface area contributed by atoms with Crippen molar-refractivity contribution < 1.29 is 0 Å². The van der Waals surface area contributed by atoms with Crippen molar-refractivity contribution in [3.8, 4) is 0 Å². The van der Waals surface area contributed by atoms with Crippen LogP contribution in [0.5, 0.6) is 0 Å². The van der Waals surface area contributed by atoms with E-state index in [0.717, 1.165) is 0 Å². The molecule has 0 saturated heterocycles. The first-order valence-corrected chi connectivity index (χ1v) is 5.55. The van der Waals surface area contributed by atoms with Crippen molar-refractivity contribution in [1.82, 2.24) is 0 Å². The second-order valence-corrected chi connectivity index (χ2v) is 1.94. The maximum Gasteiger partial charge on any atom is -0.0401 e. The summed E-state index contributed by atoms with van der Waals surface area (Å²) in [5.74, 6) is 0. The molecule has 0 spiro atoms. The van der Waals surface area contributed by atoms with Crippen molar-refractivity contribution in [2.75, 3.05) is 0 Å². The van der Waals surface area contributed by atoms with Crippen molar-refractivity contribution in [3.05, 3.63) is 36.5 Å². The van der Waals surface area contributed by atoms with E-state index < -0.39 is 0 Å². The van der Waals surface area contributed by atoms with Crippen molar-refractivity contribution in [1.29, 1.82) is 0 Å². The van der Waals surface area contributed by atoms with Gasteiger partial charge in [0, 0.05) is 0 Å². The van der Waals surface area contributed by atoms with Gasteiger partial charge in [0.15, 0.2) is 0 Å². The lowest BCUT2D eigenvalue weighted by Gasteiger charge is -1.81. The summed E-state index contributed by atoms with van der Waals surface area (Å²) in [7, 11) is 0. The lowest BCUT2D eigenvalue weighted by atomic mass is 10.3. The van der Waals surface area contributed by atoms with Crippen molar-refractivity contribution in [2.24, 2.45) is 0 Å². The molecule has 0 fully saturated rings. The van der Waals surface area contributed by atoms with E-state index in [-0.39, 0.29) is 0 Å². The third-order valence-corrected chi connectivity index (χ3v) is 0.885. The van der Waals surface area contributed by atoms with Crippen LogP contribution in [0.1, 0.15) is 55.4 Å². The van der Waals surface area contributed by atoms with Gasteiger partial charge in [0.2, 0.25) is 0 Å². The van der Waals surface area contributed by atoms with Crippen molar-refractivity contribution in [2.45, 2.75) is 55.4 Å². The molecular weight excluding hydrogens is 168 g/mol. The van der Waals surface area contributed by atoms with E-state index in [4.69, 9.17) is 0 Å². The first-order valence-electron chi connectivity index (χ1n) is 5.55. The first kappa shape index (κ1) is 23.2. The molecule has 0 aromatic heterocycles. The van der Waals surface area contributed by atoms with E-state index in [1.807, 2.05) is 54.5 Å². The SMILES string of the molecule is C/C=C\C(C)=C/C.C=CC.CC.CC. The topological polar surface area (TPSA) is 0 Å². The first-order chi connectivity index (χ1) is 6.72. The van der Waals surface area contributed by atoms with Crippen LogP contribution in [0.3, 0.4) is 0 Å². The van der Waals surface area contributed by atoms with Gasteiger partial charge in [0.1, 0.15) is 0 Å². The highest BCUT2D eigenvalue weighted by Gasteiger charge is 1.69. The highest BCUT2D eigenvalue weighted by atomic mass is 13.8. The maximum absolute atomic E-state index is 3.36. The second kappa shape index (κ2) is 39.8. The Bertz CT molecular complexity index is 116. The van der Waals surface area contributed by atoms with Gasteiger partial charge >= 0.3 is 0 Å². The Kier molecular flexibility index (Phi) is 66.0. The summed E-state index contributed by atoms with van der Waals surface area (Å²) in [6.45, 7) is 19.4. The largest absolute Gasteiger partial charge is 0.103 e. The van der Waals surface area contributed by atoms with Gasteiger partial charge in [-0.15, -0.1) is 6.58 Å². The normalized spacial score (nSPS) is 8.43. The van der Waals surface area contributed by atoms with E-state index in [0.29, 0.717) is 0 Å². The lowest BCUT2D eigenvalue weighted by molar-refractivity contribution is 1.46. The fourth-order valence-corrected chi connectivity index (χ4v) is 0.359. The Morgan fingerprint density at radius 1 is 0.929 bits per heavy atom. The Morgan fingerprint density at radius 3 is 1.29 bits per heavy atom. The number of allylic oxidation sites excluding steroid dienone is 5. The van der Waals surface area contributed by atoms with Crippen LogP contribution in [-0.4, -0.2) is 0 Å². The van der Waals surface area contributed by atoms with Gasteiger partial charge < -0.3 is 0 Å². The molecule has 0 aromatic rings. The molecule has 0 N–H and O–H groups in total. The fraction of sp³-hybridized carbons (Fsp3) is 0.571. The summed E-state index contributed by atoms with van der Waals surface area (Å²) in [5.41, 5.74) is 1.32. The zero-order valence-corrected chi connectivity index (χ0v) is 11.5. The summed E-state index contributed by atoms with van der Waals surface area (Å²) < 4.78 is 0. The zero-order valence-electron chi connectivity index (χ0n) is 11.5. The number of hydrogen-bond donors (Lipinski definition) is 0. The van der Waals surface area contributed by atoms with Gasteiger partial charge in [0.05, 0.1) is 0 Å². The molecule has 86 valence electrons. The molecule has 0 heterocycles. The van der Waals surface area contributed by atoms with Crippen LogP contribution in [0.2, 0.25) is 0 Å². The molecule has 0 bridgehead atoms. The zero-order chi connectivity index (χ0) is 12.4. The predicted molar refractivity (Wildman–Crippen MR) is 72.8 cm³/mol. The van der Waals surface area contributed by atoms with E-state index in [1.165, 1.54) is 5.57 Å². The van der Waals surface area contributed by atoms with Gasteiger partial charge in [-0.1, -0.05) is 57.6 Å². The monoisotopic (exact) mass is 198 g/mol. The molecule has 0 aliphatic heterocycles. The Balaban J connectivity index is -0.0000000603. The summed E-state index contributed by atoms with van der Waals surface area (Å²) in [5, 5.41) is 0. The molecule has 0 saturated carbocycles. The summed E-state index contributed by atoms with van der Waals surface area (Å²) in [4.78, 5) is 0. The lowest BCUT2D eigenvalue weighted by Crippen LogP contribution is -1.60. The molecule has 0 amide bonds. The minimum atomic E-state index is 1.32. The summed E-state index contributed by atoms with van der Waals surface area (Å²) in [6, 6.07) is 0. The van der Waals surface area contributed by atoms with E-state index in [1.54, 1.807) is 6.08 Å². The fourth-order valence-electron chi connectivity index (χ4n) is 0.359. The minimum absolute atomic E-state index is 1.32. The minimum Gasteiger partial charge on any atom is -0.103 e. The van der Waals surface area contributed by atoms with Crippen LogP contribution in [0.4, 0.5) is 0 Å². The van der Waals surface area contributed by atoms with Crippen LogP contribution in [0, 0.1) is 0 Å². The molecule has 0 heteroatoms. The Morgan fingerprint density at radius 2 is 1.21 bits per heavy atom. The van der Waals surface area contributed by atoms with E-state index in [9.17, 15) is 0 Å². The van der Waals surface area contributed by atoms with E-state index in [2.05, 4.69) is 25.7 Å². The van der Waals surface area contributed by atoms with Gasteiger partial charge in [-0.25, -0.2) is 0 Å². The quantitative estimate of drug-likeness (QED) is 0.370. The predicted octanol–water partition coefficient (Wildman–Crippen LogP) is 5.77. The van der Waals surface area contributed by atoms with Crippen LogP contribution < -0.4 is 0 Å². The molecular formula is C14H30. The van der Waals surface area contributed by atoms with Crippen molar-refractivity contribution >= 4 is 0 Å². The number of hydrogen-bond acceptors (Lipinski definition) is 0. The highest BCUT2D eigenvalue weighted by molar-refractivity contribution is 5.13. The third kappa shape index (κ3) is 65.8. The summed E-state index contributed by atoms with van der Waals surface area (Å²) in [6.07, 6.45) is 7.95. The molecule has 0 aliphatic carbocycles. The van der Waals surface area contributed by atoms with Crippen LogP contribution in [0.15, 0.2) is 36.5 Å². The van der Waals surface area contributed by atoms with Gasteiger partial charge in [-0.3, -0.25) is 0 Å². The van der Waals surface area contributed by atoms with Crippen LogP contribution in [-0.2, 0) is 0 Å².